The van der Waals surface area contributed by atoms with Gasteiger partial charge in [-0.15, -0.1) is 0 Å². The molecule has 0 fully saturated rings. The molecule has 0 radical (unpaired) electrons. The Hall–Kier alpha value is -2.13. The highest BCUT2D eigenvalue weighted by Crippen LogP contribution is 2.39. The molecular formula is C30H37Cl2N3O3S. The number of pyridine rings is 1. The fourth-order valence-corrected chi connectivity index (χ4v) is 5.77. The van der Waals surface area contributed by atoms with Crippen LogP contribution in [0.25, 0.3) is 11.3 Å². The van der Waals surface area contributed by atoms with Crippen LogP contribution in [0.4, 0.5) is 0 Å². The number of carbonyl (C=O) groups is 1. The van der Waals surface area contributed by atoms with Crippen LogP contribution < -0.4 is 5.32 Å². The van der Waals surface area contributed by atoms with E-state index in [2.05, 4.69) is 48.4 Å². The SMILES string of the molecule is CN(C[C@H](O)CNC(C)(C)CCCc1ccccc1)Sc1c(Cl)cc(-c2cccc(CCC(=O)O)n2)cc1Cl. The lowest BCUT2D eigenvalue weighted by molar-refractivity contribution is -0.136. The lowest BCUT2D eigenvalue weighted by Gasteiger charge is -2.29. The van der Waals surface area contributed by atoms with Crippen molar-refractivity contribution >= 4 is 41.1 Å². The van der Waals surface area contributed by atoms with Crippen molar-refractivity contribution in [3.63, 3.8) is 0 Å². The highest BCUT2D eigenvalue weighted by Gasteiger charge is 2.20. The molecule has 6 nitrogen and oxygen atoms in total. The van der Waals surface area contributed by atoms with Gasteiger partial charge in [-0.3, -0.25) is 9.78 Å². The normalized spacial score (nSPS) is 12.6. The van der Waals surface area contributed by atoms with Crippen molar-refractivity contribution in [3.8, 4) is 11.3 Å². The molecule has 0 amide bonds. The number of nitrogens with one attached hydrogen (secondary N) is 1. The number of aliphatic hydroxyl groups excluding tert-OH is 1. The minimum Gasteiger partial charge on any atom is -0.481 e. The highest BCUT2D eigenvalue weighted by molar-refractivity contribution is 7.97. The molecular weight excluding hydrogens is 553 g/mol. The van der Waals surface area contributed by atoms with Gasteiger partial charge in [-0.25, -0.2) is 4.31 Å². The van der Waals surface area contributed by atoms with E-state index in [9.17, 15) is 9.90 Å². The van der Waals surface area contributed by atoms with Crippen LogP contribution >= 0.6 is 35.1 Å². The molecule has 1 heterocycles. The molecule has 3 N–H and O–H groups in total. The Balaban J connectivity index is 1.51. The van der Waals surface area contributed by atoms with Crippen molar-refractivity contribution < 1.29 is 15.0 Å². The number of aliphatic hydroxyl groups is 1. The van der Waals surface area contributed by atoms with Crippen LogP contribution in [-0.4, -0.2) is 57.3 Å². The molecule has 3 rings (SSSR count). The second kappa shape index (κ2) is 15.0. The maximum absolute atomic E-state index is 10.9. The number of hydrogen-bond donors (Lipinski definition) is 3. The summed E-state index contributed by atoms with van der Waals surface area (Å²) in [6.45, 7) is 5.24. The largest absolute Gasteiger partial charge is 0.481 e. The number of likely N-dealkylation sites (N-methyl/N-ethyl adjacent to an activating group) is 1. The van der Waals surface area contributed by atoms with Crippen LogP contribution in [0.5, 0.6) is 0 Å². The Labute approximate surface area is 245 Å². The van der Waals surface area contributed by atoms with E-state index in [1.54, 1.807) is 6.07 Å². The maximum atomic E-state index is 10.9. The zero-order valence-electron chi connectivity index (χ0n) is 22.7. The number of nitrogens with zero attached hydrogens (tertiary/aromatic N) is 2. The van der Waals surface area contributed by atoms with Gasteiger partial charge in [0.1, 0.15) is 0 Å². The average Bonchev–Trinajstić information content (AvgIpc) is 2.89. The molecule has 0 unspecified atom stereocenters. The molecule has 0 aliphatic rings. The fourth-order valence-electron chi connectivity index (χ4n) is 4.23. The van der Waals surface area contributed by atoms with Crippen LogP contribution in [0, 0.1) is 0 Å². The Morgan fingerprint density at radius 2 is 1.77 bits per heavy atom. The van der Waals surface area contributed by atoms with Gasteiger partial charge >= 0.3 is 5.97 Å². The van der Waals surface area contributed by atoms with Crippen molar-refractivity contribution in [3.05, 3.63) is 82.0 Å². The van der Waals surface area contributed by atoms with Gasteiger partial charge < -0.3 is 15.5 Å². The van der Waals surface area contributed by atoms with Crippen LogP contribution in [0.1, 0.15) is 44.4 Å². The third-order valence-electron chi connectivity index (χ3n) is 6.34. The van der Waals surface area contributed by atoms with E-state index in [0.717, 1.165) is 24.8 Å². The van der Waals surface area contributed by atoms with Crippen molar-refractivity contribution in [2.24, 2.45) is 0 Å². The number of benzene rings is 2. The third kappa shape index (κ3) is 10.7. The highest BCUT2D eigenvalue weighted by atomic mass is 35.5. The monoisotopic (exact) mass is 589 g/mol. The first-order valence-corrected chi connectivity index (χ1v) is 14.6. The van der Waals surface area contributed by atoms with E-state index in [4.69, 9.17) is 28.3 Å². The number of aryl methyl sites for hydroxylation is 2. The Kier molecular flexibility index (Phi) is 12.1. The number of hydrogen-bond acceptors (Lipinski definition) is 6. The van der Waals surface area contributed by atoms with Gasteiger partial charge in [0.25, 0.3) is 0 Å². The van der Waals surface area contributed by atoms with Crippen molar-refractivity contribution in [1.29, 1.82) is 0 Å². The van der Waals surface area contributed by atoms with Gasteiger partial charge in [-0.2, -0.15) is 0 Å². The quantitative estimate of drug-likeness (QED) is 0.169. The van der Waals surface area contributed by atoms with Gasteiger partial charge in [0.05, 0.1) is 33.2 Å². The molecule has 1 aromatic heterocycles. The minimum atomic E-state index is -0.859. The number of β-amino-alcohol motifs (C(OH)–C–C–N with tert-alkyl or cyclic N) is 1. The summed E-state index contributed by atoms with van der Waals surface area (Å²) in [6.07, 6.45) is 2.93. The first-order valence-electron chi connectivity index (χ1n) is 13.1. The third-order valence-corrected chi connectivity index (χ3v) is 8.24. The van der Waals surface area contributed by atoms with Gasteiger partial charge in [-0.05, 0) is 81.9 Å². The molecule has 39 heavy (non-hydrogen) atoms. The summed E-state index contributed by atoms with van der Waals surface area (Å²) in [7, 11) is 1.90. The first-order chi connectivity index (χ1) is 18.5. The van der Waals surface area contributed by atoms with Gasteiger partial charge in [-0.1, -0.05) is 59.6 Å². The maximum Gasteiger partial charge on any atom is 0.303 e. The molecule has 0 bridgehead atoms. The second-order valence-corrected chi connectivity index (χ2v) is 12.4. The van der Waals surface area contributed by atoms with Crippen molar-refractivity contribution in [2.45, 2.75) is 62.5 Å². The van der Waals surface area contributed by atoms with Gasteiger partial charge in [0, 0.05) is 36.3 Å². The molecule has 0 aliphatic heterocycles. The van der Waals surface area contributed by atoms with Gasteiger partial charge in [0.2, 0.25) is 0 Å². The zero-order chi connectivity index (χ0) is 28.4. The zero-order valence-corrected chi connectivity index (χ0v) is 25.0. The van der Waals surface area contributed by atoms with Crippen molar-refractivity contribution in [1.82, 2.24) is 14.6 Å². The van der Waals surface area contributed by atoms with Crippen LogP contribution in [0.15, 0.2) is 65.6 Å². The summed E-state index contributed by atoms with van der Waals surface area (Å²) in [5, 5.41) is 24.1. The fraction of sp³-hybridized carbons (Fsp3) is 0.400. The van der Waals surface area contributed by atoms with E-state index >= 15 is 0 Å². The van der Waals surface area contributed by atoms with Gasteiger partial charge in [0.15, 0.2) is 0 Å². The Morgan fingerprint density at radius 3 is 2.44 bits per heavy atom. The van der Waals surface area contributed by atoms with Crippen LogP contribution in [0.3, 0.4) is 0 Å². The van der Waals surface area contributed by atoms with E-state index in [1.165, 1.54) is 17.5 Å². The topological polar surface area (TPSA) is 85.7 Å². The second-order valence-electron chi connectivity index (χ2n) is 10.3. The number of carboxylic acids is 1. The number of aliphatic carboxylic acids is 1. The molecule has 0 spiro atoms. The van der Waals surface area contributed by atoms with E-state index in [0.29, 0.717) is 45.8 Å². The molecule has 1 atom stereocenters. The summed E-state index contributed by atoms with van der Waals surface area (Å²) >= 11 is 14.6. The number of carboxylic acid groups (broad SMARTS) is 1. The van der Waals surface area contributed by atoms with E-state index < -0.39 is 12.1 Å². The summed E-state index contributed by atoms with van der Waals surface area (Å²) in [4.78, 5) is 16.1. The molecule has 0 saturated heterocycles. The predicted octanol–water partition coefficient (Wildman–Crippen LogP) is 6.76. The molecule has 2 aromatic carbocycles. The lowest BCUT2D eigenvalue weighted by atomic mass is 9.95. The Bertz CT molecular complexity index is 1200. The number of halogens is 2. The summed E-state index contributed by atoms with van der Waals surface area (Å²) < 4.78 is 1.92. The summed E-state index contributed by atoms with van der Waals surface area (Å²) in [5.41, 5.74) is 3.40. The number of rotatable bonds is 15. The van der Waals surface area contributed by atoms with Crippen LogP contribution in [0.2, 0.25) is 10.0 Å². The van der Waals surface area contributed by atoms with Crippen LogP contribution in [-0.2, 0) is 17.6 Å². The molecule has 0 aliphatic carbocycles. The molecule has 3 aromatic rings. The summed E-state index contributed by atoms with van der Waals surface area (Å²) in [5.74, 6) is -0.859. The number of aromatic nitrogens is 1. The predicted molar refractivity (Wildman–Crippen MR) is 162 cm³/mol. The van der Waals surface area contributed by atoms with E-state index in [-0.39, 0.29) is 12.0 Å². The first kappa shape index (κ1) is 31.4. The molecule has 9 heteroatoms. The minimum absolute atomic E-state index is 0.0208. The average molecular weight is 591 g/mol. The Morgan fingerprint density at radius 1 is 1.08 bits per heavy atom. The summed E-state index contributed by atoms with van der Waals surface area (Å²) in [6, 6.07) is 19.6. The molecule has 0 saturated carbocycles. The smallest absolute Gasteiger partial charge is 0.303 e. The molecule has 210 valence electrons. The lowest BCUT2D eigenvalue weighted by Crippen LogP contribution is -2.45. The van der Waals surface area contributed by atoms with Crippen molar-refractivity contribution in [2.75, 3.05) is 20.1 Å². The standard InChI is InChI=1S/C30H37Cl2N3O3S/c1-30(2,16-8-11-21-9-5-4-6-10-21)33-19-24(36)20-35(3)39-29-25(31)17-22(18-26(29)32)27-13-7-12-23(34-27)14-15-28(37)38/h4-7,9-10,12-13,17-18,24,33,36H,8,11,14-16,19-20H2,1-3H3,(H,37,38)/t24-/m1/s1. The van der Waals surface area contributed by atoms with E-state index in [1.807, 2.05) is 41.7 Å².